The summed E-state index contributed by atoms with van der Waals surface area (Å²) in [6.45, 7) is 3.85. The van der Waals surface area contributed by atoms with Gasteiger partial charge in [-0.15, -0.1) is 0 Å². The zero-order chi connectivity index (χ0) is 13.6. The molecule has 0 amide bonds. The minimum Gasteiger partial charge on any atom is -0.389 e. The minimum absolute atomic E-state index is 0.209. The molecule has 0 heterocycles. The molecule has 1 fully saturated rings. The highest BCUT2D eigenvalue weighted by Crippen LogP contribution is 2.38. The van der Waals surface area contributed by atoms with Crippen LogP contribution in [-0.4, -0.2) is 56.3 Å². The van der Waals surface area contributed by atoms with Crippen LogP contribution in [0.5, 0.6) is 0 Å². The summed E-state index contributed by atoms with van der Waals surface area (Å²) in [6, 6.07) is 0. The highest BCUT2D eigenvalue weighted by atomic mass is 16.5. The smallest absolute Gasteiger partial charge is 0.127 e. The normalized spacial score (nSPS) is 30.4. The maximum absolute atomic E-state index is 11.5. The van der Waals surface area contributed by atoms with Gasteiger partial charge < -0.3 is 19.5 Å². The van der Waals surface area contributed by atoms with Gasteiger partial charge in [0.1, 0.15) is 6.29 Å². The number of carbonyl (C=O) groups is 1. The Morgan fingerprint density at radius 2 is 2.33 bits per heavy atom. The van der Waals surface area contributed by atoms with Crippen LogP contribution in [0, 0.1) is 11.3 Å². The third-order valence-corrected chi connectivity index (χ3v) is 3.84. The molecule has 0 saturated heterocycles. The zero-order valence-electron chi connectivity index (χ0n) is 11.9. The lowest BCUT2D eigenvalue weighted by Crippen LogP contribution is -2.43. The van der Waals surface area contributed by atoms with Crippen molar-refractivity contribution >= 4 is 6.29 Å². The number of hydrogen-bond donors (Lipinski definition) is 1. The largest absolute Gasteiger partial charge is 0.389 e. The molecular formula is C14H27NO3. The van der Waals surface area contributed by atoms with Crippen LogP contribution in [0.3, 0.4) is 0 Å². The van der Waals surface area contributed by atoms with Crippen molar-refractivity contribution in [1.29, 1.82) is 0 Å². The van der Waals surface area contributed by atoms with E-state index < -0.39 is 6.10 Å². The van der Waals surface area contributed by atoms with E-state index >= 15 is 0 Å². The van der Waals surface area contributed by atoms with Crippen molar-refractivity contribution in [1.82, 2.24) is 4.90 Å². The Kier molecular flexibility index (Phi) is 6.26. The highest BCUT2D eigenvalue weighted by Gasteiger charge is 2.35. The first-order valence-electron chi connectivity index (χ1n) is 6.83. The number of aliphatic hydroxyl groups excluding tert-OH is 1. The molecule has 106 valence electrons. The second-order valence-electron chi connectivity index (χ2n) is 5.99. The van der Waals surface area contributed by atoms with Gasteiger partial charge in [0.05, 0.1) is 12.7 Å². The number of methoxy groups -OCH3 is 1. The van der Waals surface area contributed by atoms with Crippen LogP contribution in [0.25, 0.3) is 0 Å². The maximum Gasteiger partial charge on any atom is 0.127 e. The van der Waals surface area contributed by atoms with E-state index in [1.165, 1.54) is 6.42 Å². The lowest BCUT2D eigenvalue weighted by Gasteiger charge is -2.38. The molecule has 4 heteroatoms. The van der Waals surface area contributed by atoms with E-state index in [9.17, 15) is 9.90 Å². The van der Waals surface area contributed by atoms with Crippen molar-refractivity contribution in [3.8, 4) is 0 Å². The number of nitrogens with zero attached hydrogens (tertiary/aromatic N) is 1. The van der Waals surface area contributed by atoms with E-state index in [0.717, 1.165) is 32.1 Å². The van der Waals surface area contributed by atoms with Crippen LogP contribution < -0.4 is 0 Å². The molecule has 1 aliphatic carbocycles. The zero-order valence-corrected chi connectivity index (χ0v) is 11.9. The van der Waals surface area contributed by atoms with Gasteiger partial charge in [-0.25, -0.2) is 0 Å². The second kappa shape index (κ2) is 7.22. The lowest BCUT2D eigenvalue weighted by molar-refractivity contribution is -0.120. The van der Waals surface area contributed by atoms with E-state index in [4.69, 9.17) is 4.74 Å². The predicted molar refractivity (Wildman–Crippen MR) is 71.5 cm³/mol. The molecule has 0 aromatic carbocycles. The molecule has 0 radical (unpaired) electrons. The van der Waals surface area contributed by atoms with E-state index in [2.05, 4.69) is 11.8 Å². The van der Waals surface area contributed by atoms with Gasteiger partial charge in [-0.2, -0.15) is 0 Å². The van der Waals surface area contributed by atoms with Gasteiger partial charge in [-0.3, -0.25) is 0 Å². The average molecular weight is 257 g/mol. The van der Waals surface area contributed by atoms with Gasteiger partial charge in [0.25, 0.3) is 0 Å². The quantitative estimate of drug-likeness (QED) is 0.699. The first-order chi connectivity index (χ1) is 8.51. The van der Waals surface area contributed by atoms with Crippen LogP contribution >= 0.6 is 0 Å². The number of rotatable bonds is 7. The molecule has 3 atom stereocenters. The second-order valence-corrected chi connectivity index (χ2v) is 5.99. The Labute approximate surface area is 110 Å². The predicted octanol–water partition coefficient (Wildman–Crippen LogP) is 1.32. The van der Waals surface area contributed by atoms with Gasteiger partial charge in [-0.05, 0) is 25.8 Å². The standard InChI is InChI=1S/C14H27NO3/c1-12-5-4-6-14(7-12,11-16)10-15(2)8-13(17)9-18-3/h11-13,17H,4-10H2,1-3H3. The molecule has 3 unspecified atom stereocenters. The number of carbonyl (C=O) groups excluding carboxylic acids is 1. The molecule has 1 rings (SSSR count). The molecule has 1 saturated carbocycles. The third kappa shape index (κ3) is 4.67. The van der Waals surface area contributed by atoms with E-state index in [0.29, 0.717) is 19.1 Å². The lowest BCUT2D eigenvalue weighted by atomic mass is 9.71. The Hall–Kier alpha value is -0.450. The molecule has 0 bridgehead atoms. The molecule has 4 nitrogen and oxygen atoms in total. The molecular weight excluding hydrogens is 230 g/mol. The van der Waals surface area contributed by atoms with Gasteiger partial charge >= 0.3 is 0 Å². The molecule has 0 aromatic heterocycles. The van der Waals surface area contributed by atoms with Crippen LogP contribution in [0.15, 0.2) is 0 Å². The van der Waals surface area contributed by atoms with Crippen molar-refractivity contribution in [2.24, 2.45) is 11.3 Å². The summed E-state index contributed by atoms with van der Waals surface area (Å²) in [6.07, 6.45) is 4.97. The molecule has 1 N–H and O–H groups in total. The van der Waals surface area contributed by atoms with Crippen molar-refractivity contribution in [3.05, 3.63) is 0 Å². The molecule has 1 aliphatic rings. The molecule has 0 spiro atoms. The van der Waals surface area contributed by atoms with Gasteiger partial charge in [0, 0.05) is 25.6 Å². The van der Waals surface area contributed by atoms with Crippen LogP contribution in [0.1, 0.15) is 32.6 Å². The summed E-state index contributed by atoms with van der Waals surface area (Å²) in [5.74, 6) is 0.626. The number of likely N-dealkylation sites (N-methyl/N-ethyl adjacent to an activating group) is 1. The number of aldehydes is 1. The van der Waals surface area contributed by atoms with Crippen LogP contribution in [0.4, 0.5) is 0 Å². The van der Waals surface area contributed by atoms with Crippen molar-refractivity contribution in [2.45, 2.75) is 38.7 Å². The Morgan fingerprint density at radius 1 is 1.61 bits per heavy atom. The molecule has 0 aromatic rings. The first kappa shape index (κ1) is 15.6. The summed E-state index contributed by atoms with van der Waals surface area (Å²) in [5.41, 5.74) is -0.209. The van der Waals surface area contributed by atoms with Gasteiger partial charge in [0.2, 0.25) is 0 Å². The summed E-state index contributed by atoms with van der Waals surface area (Å²) in [7, 11) is 3.54. The number of ether oxygens (including phenoxy) is 1. The van der Waals surface area contributed by atoms with Crippen molar-refractivity contribution in [2.75, 3.05) is 33.9 Å². The minimum atomic E-state index is -0.482. The SMILES string of the molecule is COCC(O)CN(C)CC1(C=O)CCCC(C)C1. The van der Waals surface area contributed by atoms with E-state index in [1.807, 2.05) is 7.05 Å². The Balaban J connectivity index is 2.48. The number of aliphatic hydroxyl groups is 1. The van der Waals surface area contributed by atoms with Crippen molar-refractivity contribution < 1.29 is 14.6 Å². The van der Waals surface area contributed by atoms with E-state index in [1.54, 1.807) is 7.11 Å². The van der Waals surface area contributed by atoms with Crippen LogP contribution in [-0.2, 0) is 9.53 Å². The summed E-state index contributed by atoms with van der Waals surface area (Å²) in [4.78, 5) is 13.5. The van der Waals surface area contributed by atoms with Gasteiger partial charge in [-0.1, -0.05) is 19.8 Å². The van der Waals surface area contributed by atoms with E-state index in [-0.39, 0.29) is 5.41 Å². The highest BCUT2D eigenvalue weighted by molar-refractivity contribution is 5.60. The fraction of sp³-hybridized carbons (Fsp3) is 0.929. The molecule has 0 aliphatic heterocycles. The topological polar surface area (TPSA) is 49.8 Å². The summed E-state index contributed by atoms with van der Waals surface area (Å²) >= 11 is 0. The fourth-order valence-electron chi connectivity index (χ4n) is 3.20. The average Bonchev–Trinajstić information content (AvgIpc) is 2.28. The monoisotopic (exact) mass is 257 g/mol. The third-order valence-electron chi connectivity index (χ3n) is 3.84. The van der Waals surface area contributed by atoms with Crippen molar-refractivity contribution in [3.63, 3.8) is 0 Å². The summed E-state index contributed by atoms with van der Waals surface area (Å²) < 4.78 is 4.92. The molecule has 18 heavy (non-hydrogen) atoms. The fourth-order valence-corrected chi connectivity index (χ4v) is 3.20. The first-order valence-corrected chi connectivity index (χ1v) is 6.83. The Bertz CT molecular complexity index is 259. The van der Waals surface area contributed by atoms with Gasteiger partial charge in [0.15, 0.2) is 0 Å². The summed E-state index contributed by atoms with van der Waals surface area (Å²) in [5, 5.41) is 9.70. The maximum atomic E-state index is 11.5. The Morgan fingerprint density at radius 3 is 2.89 bits per heavy atom. The number of hydrogen-bond acceptors (Lipinski definition) is 4. The van der Waals surface area contributed by atoms with Crippen LogP contribution in [0.2, 0.25) is 0 Å².